The van der Waals surface area contributed by atoms with E-state index in [2.05, 4.69) is 9.97 Å². The summed E-state index contributed by atoms with van der Waals surface area (Å²) < 4.78 is 5.00. The van der Waals surface area contributed by atoms with Crippen molar-refractivity contribution in [2.45, 2.75) is 19.4 Å². The van der Waals surface area contributed by atoms with Gasteiger partial charge in [0.15, 0.2) is 0 Å². The van der Waals surface area contributed by atoms with Crippen LogP contribution < -0.4 is 10.5 Å². The number of rotatable bonds is 5. The highest BCUT2D eigenvalue weighted by molar-refractivity contribution is 5.73. The summed E-state index contributed by atoms with van der Waals surface area (Å²) in [6.07, 6.45) is 4.11. The number of aliphatic carboxylic acids is 1. The molecule has 0 aliphatic rings. The van der Waals surface area contributed by atoms with E-state index >= 15 is 0 Å². The number of aryl methyl sites for hydroxylation is 1. The Labute approximate surface area is 87.1 Å². The van der Waals surface area contributed by atoms with Gasteiger partial charge >= 0.3 is 12.0 Å². The number of carboxylic acid groups (broad SMARTS) is 1. The molecule has 6 heteroatoms. The molecule has 0 saturated carbocycles. The van der Waals surface area contributed by atoms with E-state index in [1.54, 1.807) is 12.4 Å². The highest BCUT2D eigenvalue weighted by atomic mass is 16.5. The molecule has 15 heavy (non-hydrogen) atoms. The van der Waals surface area contributed by atoms with Gasteiger partial charge in [-0.15, -0.1) is 0 Å². The Morgan fingerprint density at radius 3 is 2.67 bits per heavy atom. The standard InChI is InChI=1S/C9H13N3O3/c1-2-6-3-11-9(12-4-6)15-5-7(10)8(13)14/h3-4,7H,2,5,10H2,1H3,(H,13,14). The van der Waals surface area contributed by atoms with E-state index in [4.69, 9.17) is 15.6 Å². The van der Waals surface area contributed by atoms with Crippen LogP contribution in [0.5, 0.6) is 6.01 Å². The summed E-state index contributed by atoms with van der Waals surface area (Å²) in [4.78, 5) is 18.2. The van der Waals surface area contributed by atoms with E-state index < -0.39 is 12.0 Å². The summed E-state index contributed by atoms with van der Waals surface area (Å²) in [6.45, 7) is 1.85. The molecule has 0 bridgehead atoms. The van der Waals surface area contributed by atoms with Crippen LogP contribution >= 0.6 is 0 Å². The molecule has 1 unspecified atom stereocenters. The number of nitrogens with two attached hydrogens (primary N) is 1. The first kappa shape index (κ1) is 11.4. The summed E-state index contributed by atoms with van der Waals surface area (Å²) in [5.74, 6) is -1.11. The predicted molar refractivity (Wildman–Crippen MR) is 52.5 cm³/mol. The van der Waals surface area contributed by atoms with Crippen LogP contribution in [0.2, 0.25) is 0 Å². The first-order valence-corrected chi connectivity index (χ1v) is 4.55. The molecule has 1 atom stereocenters. The minimum absolute atomic E-state index is 0.138. The van der Waals surface area contributed by atoms with Gasteiger partial charge in [0, 0.05) is 12.4 Å². The Hall–Kier alpha value is -1.69. The molecule has 0 fully saturated rings. The molecule has 0 radical (unpaired) electrons. The molecule has 0 aliphatic heterocycles. The van der Waals surface area contributed by atoms with E-state index in [0.717, 1.165) is 12.0 Å². The third-order valence-corrected chi connectivity index (χ3v) is 1.80. The molecule has 1 rings (SSSR count). The van der Waals surface area contributed by atoms with Crippen molar-refractivity contribution in [3.63, 3.8) is 0 Å². The first-order valence-electron chi connectivity index (χ1n) is 4.55. The molecule has 0 spiro atoms. The quantitative estimate of drug-likeness (QED) is 0.701. The lowest BCUT2D eigenvalue weighted by atomic mass is 10.3. The Morgan fingerprint density at radius 2 is 2.20 bits per heavy atom. The van der Waals surface area contributed by atoms with Gasteiger partial charge in [0.05, 0.1) is 0 Å². The predicted octanol–water partition coefficient (Wildman–Crippen LogP) is -0.170. The van der Waals surface area contributed by atoms with Crippen molar-refractivity contribution in [1.82, 2.24) is 9.97 Å². The molecular weight excluding hydrogens is 198 g/mol. The maximum atomic E-state index is 10.4. The van der Waals surface area contributed by atoms with Crippen molar-refractivity contribution >= 4 is 5.97 Å². The monoisotopic (exact) mass is 211 g/mol. The molecule has 6 nitrogen and oxygen atoms in total. The Balaban J connectivity index is 2.47. The molecular formula is C9H13N3O3. The van der Waals surface area contributed by atoms with E-state index in [0.29, 0.717) is 0 Å². The second-order valence-electron chi connectivity index (χ2n) is 2.98. The maximum Gasteiger partial charge on any atom is 0.324 e. The molecule has 0 aromatic carbocycles. The Kier molecular flexibility index (Phi) is 3.99. The van der Waals surface area contributed by atoms with Crippen molar-refractivity contribution in [2.75, 3.05) is 6.61 Å². The van der Waals surface area contributed by atoms with E-state index in [9.17, 15) is 4.79 Å². The summed E-state index contributed by atoms with van der Waals surface area (Å²) in [5.41, 5.74) is 6.23. The van der Waals surface area contributed by atoms with Gasteiger partial charge in [-0.2, -0.15) is 0 Å². The Morgan fingerprint density at radius 1 is 1.60 bits per heavy atom. The Bertz CT molecular complexity index is 326. The van der Waals surface area contributed by atoms with Gasteiger partial charge in [-0.05, 0) is 12.0 Å². The van der Waals surface area contributed by atoms with E-state index in [1.807, 2.05) is 6.92 Å². The lowest BCUT2D eigenvalue weighted by Crippen LogP contribution is -2.36. The summed E-state index contributed by atoms with van der Waals surface area (Å²) >= 11 is 0. The van der Waals surface area contributed by atoms with Gasteiger partial charge in [0.25, 0.3) is 0 Å². The highest BCUT2D eigenvalue weighted by Crippen LogP contribution is 2.03. The summed E-state index contributed by atoms with van der Waals surface area (Å²) in [6, 6.07) is -0.914. The van der Waals surface area contributed by atoms with Crippen LogP contribution in [0.1, 0.15) is 12.5 Å². The van der Waals surface area contributed by atoms with E-state index in [-0.39, 0.29) is 12.6 Å². The summed E-state index contributed by atoms with van der Waals surface area (Å²) in [5, 5.41) is 8.50. The molecule has 0 aliphatic carbocycles. The molecule has 1 aromatic rings. The van der Waals surface area contributed by atoms with Gasteiger partial charge in [-0.3, -0.25) is 4.79 Å². The van der Waals surface area contributed by atoms with Crippen molar-refractivity contribution in [1.29, 1.82) is 0 Å². The second-order valence-corrected chi connectivity index (χ2v) is 2.98. The maximum absolute atomic E-state index is 10.4. The van der Waals surface area contributed by atoms with Crippen LogP contribution in [0.25, 0.3) is 0 Å². The number of ether oxygens (including phenoxy) is 1. The average molecular weight is 211 g/mol. The minimum atomic E-state index is -1.11. The zero-order valence-corrected chi connectivity index (χ0v) is 8.38. The zero-order chi connectivity index (χ0) is 11.3. The number of aromatic nitrogens is 2. The average Bonchev–Trinajstić information content (AvgIpc) is 2.26. The molecule has 0 saturated heterocycles. The molecule has 0 amide bonds. The van der Waals surface area contributed by atoms with Crippen LogP contribution in [-0.4, -0.2) is 33.7 Å². The van der Waals surface area contributed by atoms with Crippen molar-refractivity contribution in [3.8, 4) is 6.01 Å². The van der Waals surface area contributed by atoms with Crippen LogP contribution in [0.3, 0.4) is 0 Å². The first-order chi connectivity index (χ1) is 7.13. The SMILES string of the molecule is CCc1cnc(OCC(N)C(=O)O)nc1. The molecule has 1 heterocycles. The van der Waals surface area contributed by atoms with Gasteiger partial charge < -0.3 is 15.6 Å². The zero-order valence-electron chi connectivity index (χ0n) is 8.38. The largest absolute Gasteiger partial charge is 0.480 e. The van der Waals surface area contributed by atoms with Gasteiger partial charge in [0.1, 0.15) is 12.6 Å². The fraction of sp³-hybridized carbons (Fsp3) is 0.444. The fourth-order valence-corrected chi connectivity index (χ4v) is 0.836. The van der Waals surface area contributed by atoms with E-state index in [1.165, 1.54) is 0 Å². The number of carbonyl (C=O) groups is 1. The van der Waals surface area contributed by atoms with Gasteiger partial charge in [0.2, 0.25) is 0 Å². The summed E-state index contributed by atoms with van der Waals surface area (Å²) in [7, 11) is 0. The van der Waals surface area contributed by atoms with Crippen LogP contribution in [0, 0.1) is 0 Å². The van der Waals surface area contributed by atoms with Crippen LogP contribution in [-0.2, 0) is 11.2 Å². The number of nitrogens with zero attached hydrogens (tertiary/aromatic N) is 2. The smallest absolute Gasteiger partial charge is 0.324 e. The molecule has 1 aromatic heterocycles. The van der Waals surface area contributed by atoms with Gasteiger partial charge in [-0.25, -0.2) is 9.97 Å². The third kappa shape index (κ3) is 3.51. The number of hydrogen-bond donors (Lipinski definition) is 2. The topological polar surface area (TPSA) is 98.3 Å². The number of carboxylic acids is 1. The highest BCUT2D eigenvalue weighted by Gasteiger charge is 2.12. The normalized spacial score (nSPS) is 12.1. The van der Waals surface area contributed by atoms with Crippen molar-refractivity contribution in [3.05, 3.63) is 18.0 Å². The van der Waals surface area contributed by atoms with Gasteiger partial charge in [-0.1, -0.05) is 6.92 Å². The molecule has 82 valence electrons. The van der Waals surface area contributed by atoms with Crippen LogP contribution in [0.15, 0.2) is 12.4 Å². The van der Waals surface area contributed by atoms with Crippen molar-refractivity contribution in [2.24, 2.45) is 5.73 Å². The van der Waals surface area contributed by atoms with Crippen molar-refractivity contribution < 1.29 is 14.6 Å². The lowest BCUT2D eigenvalue weighted by molar-refractivity contribution is -0.139. The lowest BCUT2D eigenvalue weighted by Gasteiger charge is -2.07. The fourth-order valence-electron chi connectivity index (χ4n) is 0.836. The second kappa shape index (κ2) is 5.26. The number of hydrogen-bond acceptors (Lipinski definition) is 5. The minimum Gasteiger partial charge on any atom is -0.480 e. The third-order valence-electron chi connectivity index (χ3n) is 1.80. The molecule has 3 N–H and O–H groups in total. The van der Waals surface area contributed by atoms with Crippen LogP contribution in [0.4, 0.5) is 0 Å².